The smallest absolute Gasteiger partial charge is 0.219 e. The molecule has 1 aromatic heterocycles. The molecular weight excluding hydrogens is 214 g/mol. The van der Waals surface area contributed by atoms with E-state index in [2.05, 4.69) is 4.98 Å². The van der Waals surface area contributed by atoms with Gasteiger partial charge in [-0.3, -0.25) is 4.79 Å². The zero-order valence-corrected chi connectivity index (χ0v) is 9.38. The van der Waals surface area contributed by atoms with Crippen LogP contribution >= 0.6 is 12.4 Å². The maximum Gasteiger partial charge on any atom is 0.219 e. The number of pyridine rings is 1. The summed E-state index contributed by atoms with van der Waals surface area (Å²) in [5, 5.41) is 0. The summed E-state index contributed by atoms with van der Waals surface area (Å²) in [6.45, 7) is 3.04. The number of nitrogens with two attached hydrogens (primary N) is 1. The number of fused-ring (bicyclic) bond motifs is 1. The second-order valence-corrected chi connectivity index (χ2v) is 3.57. The van der Waals surface area contributed by atoms with E-state index in [-0.39, 0.29) is 18.3 Å². The van der Waals surface area contributed by atoms with Crippen LogP contribution in [0.2, 0.25) is 0 Å². The van der Waals surface area contributed by atoms with E-state index in [1.54, 1.807) is 13.1 Å². The van der Waals surface area contributed by atoms with E-state index >= 15 is 0 Å². The number of aromatic nitrogens is 1. The molecule has 1 amide bonds. The minimum absolute atomic E-state index is 0. The van der Waals surface area contributed by atoms with Crippen LogP contribution < -0.4 is 5.73 Å². The summed E-state index contributed by atoms with van der Waals surface area (Å²) in [6, 6.07) is 1.90. The first-order chi connectivity index (χ1) is 6.66. The number of rotatable bonds is 0. The molecule has 15 heavy (non-hydrogen) atoms. The molecule has 4 nitrogen and oxygen atoms in total. The van der Waals surface area contributed by atoms with Gasteiger partial charge in [0.15, 0.2) is 0 Å². The largest absolute Gasteiger partial charge is 0.384 e. The summed E-state index contributed by atoms with van der Waals surface area (Å²) in [7, 11) is 0. The highest BCUT2D eigenvalue weighted by Gasteiger charge is 2.18. The Kier molecular flexibility index (Phi) is 3.52. The normalized spacial score (nSPS) is 14.1. The third-order valence-electron chi connectivity index (χ3n) is 2.56. The molecule has 2 N–H and O–H groups in total. The number of anilines is 1. The lowest BCUT2D eigenvalue weighted by Crippen LogP contribution is -2.34. The van der Waals surface area contributed by atoms with E-state index < -0.39 is 0 Å². The van der Waals surface area contributed by atoms with Crippen molar-refractivity contribution in [2.45, 2.75) is 19.9 Å². The monoisotopic (exact) mass is 227 g/mol. The van der Waals surface area contributed by atoms with Gasteiger partial charge >= 0.3 is 0 Å². The second-order valence-electron chi connectivity index (χ2n) is 3.57. The van der Waals surface area contributed by atoms with E-state index in [4.69, 9.17) is 5.73 Å². The van der Waals surface area contributed by atoms with Crippen molar-refractivity contribution in [2.24, 2.45) is 0 Å². The van der Waals surface area contributed by atoms with Gasteiger partial charge in [0.1, 0.15) is 5.82 Å². The zero-order chi connectivity index (χ0) is 10.1. The van der Waals surface area contributed by atoms with Crippen molar-refractivity contribution >= 4 is 24.1 Å². The molecule has 0 atom stereocenters. The Hall–Kier alpha value is -1.29. The highest BCUT2D eigenvalue weighted by molar-refractivity contribution is 5.85. The summed E-state index contributed by atoms with van der Waals surface area (Å²) in [5.41, 5.74) is 7.91. The van der Waals surface area contributed by atoms with Crippen molar-refractivity contribution in [3.8, 4) is 0 Å². The summed E-state index contributed by atoms with van der Waals surface area (Å²) in [6.07, 6.45) is 2.64. The van der Waals surface area contributed by atoms with Gasteiger partial charge in [-0.1, -0.05) is 0 Å². The first-order valence-corrected chi connectivity index (χ1v) is 4.65. The quantitative estimate of drug-likeness (QED) is 0.719. The number of amides is 1. The average Bonchev–Trinajstić information content (AvgIpc) is 2.16. The number of carbonyl (C=O) groups is 1. The summed E-state index contributed by atoms with van der Waals surface area (Å²) < 4.78 is 0. The Morgan fingerprint density at radius 2 is 2.27 bits per heavy atom. The molecule has 0 fully saturated rings. The SMILES string of the molecule is CC(=O)N1CCc2cc(N)ncc2C1.Cl. The summed E-state index contributed by atoms with van der Waals surface area (Å²) in [4.78, 5) is 17.0. The third kappa shape index (κ3) is 2.39. The van der Waals surface area contributed by atoms with E-state index in [1.165, 1.54) is 5.56 Å². The van der Waals surface area contributed by atoms with Gasteiger partial charge in [0.05, 0.1) is 0 Å². The molecule has 0 aliphatic carbocycles. The van der Waals surface area contributed by atoms with E-state index in [1.807, 2.05) is 11.0 Å². The van der Waals surface area contributed by atoms with Gasteiger partial charge < -0.3 is 10.6 Å². The molecule has 2 heterocycles. The van der Waals surface area contributed by atoms with Crippen LogP contribution in [-0.4, -0.2) is 22.3 Å². The fourth-order valence-corrected chi connectivity index (χ4v) is 1.73. The molecule has 1 aliphatic heterocycles. The molecule has 0 aromatic carbocycles. The molecule has 2 rings (SSSR count). The minimum Gasteiger partial charge on any atom is -0.384 e. The lowest BCUT2D eigenvalue weighted by molar-refractivity contribution is -0.129. The Balaban J connectivity index is 0.00000112. The van der Waals surface area contributed by atoms with Gasteiger partial charge in [0, 0.05) is 26.2 Å². The third-order valence-corrected chi connectivity index (χ3v) is 2.56. The Labute approximate surface area is 94.9 Å². The van der Waals surface area contributed by atoms with Gasteiger partial charge in [-0.15, -0.1) is 12.4 Å². The predicted octanol–water partition coefficient (Wildman–Crippen LogP) is 0.990. The second kappa shape index (κ2) is 4.49. The maximum absolute atomic E-state index is 11.2. The molecule has 0 spiro atoms. The highest BCUT2D eigenvalue weighted by atomic mass is 35.5. The maximum atomic E-state index is 11.2. The number of hydrogen-bond donors (Lipinski definition) is 1. The van der Waals surface area contributed by atoms with Crippen molar-refractivity contribution in [2.75, 3.05) is 12.3 Å². The fraction of sp³-hybridized carbons (Fsp3) is 0.400. The minimum atomic E-state index is 0. The first kappa shape index (κ1) is 11.8. The van der Waals surface area contributed by atoms with Crippen molar-refractivity contribution in [3.63, 3.8) is 0 Å². The molecule has 0 saturated heterocycles. The van der Waals surface area contributed by atoms with Gasteiger partial charge in [-0.2, -0.15) is 0 Å². The fourth-order valence-electron chi connectivity index (χ4n) is 1.73. The van der Waals surface area contributed by atoms with Crippen LogP contribution in [0, 0.1) is 0 Å². The molecule has 5 heteroatoms. The number of nitrogens with zero attached hydrogens (tertiary/aromatic N) is 2. The molecule has 1 aliphatic rings. The van der Waals surface area contributed by atoms with Crippen LogP contribution in [0.4, 0.5) is 5.82 Å². The van der Waals surface area contributed by atoms with E-state index in [0.29, 0.717) is 12.4 Å². The first-order valence-electron chi connectivity index (χ1n) is 4.65. The van der Waals surface area contributed by atoms with Crippen LogP contribution in [-0.2, 0) is 17.8 Å². The Bertz CT molecular complexity index is 381. The van der Waals surface area contributed by atoms with Crippen molar-refractivity contribution in [1.29, 1.82) is 0 Å². The average molecular weight is 228 g/mol. The van der Waals surface area contributed by atoms with Crippen LogP contribution in [0.1, 0.15) is 18.1 Å². The van der Waals surface area contributed by atoms with Gasteiger partial charge in [-0.05, 0) is 23.6 Å². The molecule has 1 aromatic rings. The van der Waals surface area contributed by atoms with Crippen LogP contribution in [0.25, 0.3) is 0 Å². The number of carbonyl (C=O) groups excluding carboxylic acids is 1. The van der Waals surface area contributed by atoms with Gasteiger partial charge in [-0.25, -0.2) is 4.98 Å². The van der Waals surface area contributed by atoms with Crippen molar-refractivity contribution in [1.82, 2.24) is 9.88 Å². The van der Waals surface area contributed by atoms with Crippen LogP contribution in [0.3, 0.4) is 0 Å². The number of nitrogen functional groups attached to an aromatic ring is 1. The molecular formula is C10H14ClN3O. The number of hydrogen-bond acceptors (Lipinski definition) is 3. The highest BCUT2D eigenvalue weighted by Crippen LogP contribution is 2.19. The molecule has 0 radical (unpaired) electrons. The Morgan fingerprint density at radius 3 is 2.93 bits per heavy atom. The van der Waals surface area contributed by atoms with Crippen molar-refractivity contribution < 1.29 is 4.79 Å². The van der Waals surface area contributed by atoms with E-state index in [0.717, 1.165) is 18.5 Å². The van der Waals surface area contributed by atoms with Crippen LogP contribution in [0.5, 0.6) is 0 Å². The topological polar surface area (TPSA) is 59.2 Å². The zero-order valence-electron chi connectivity index (χ0n) is 8.56. The molecule has 0 unspecified atom stereocenters. The van der Waals surface area contributed by atoms with E-state index in [9.17, 15) is 4.79 Å². The summed E-state index contributed by atoms with van der Waals surface area (Å²) in [5.74, 6) is 0.674. The van der Waals surface area contributed by atoms with Gasteiger partial charge in [0.25, 0.3) is 0 Å². The molecule has 0 saturated carbocycles. The molecule has 82 valence electrons. The Morgan fingerprint density at radius 1 is 1.53 bits per heavy atom. The number of halogens is 1. The van der Waals surface area contributed by atoms with Crippen molar-refractivity contribution in [3.05, 3.63) is 23.4 Å². The summed E-state index contributed by atoms with van der Waals surface area (Å²) >= 11 is 0. The van der Waals surface area contributed by atoms with Gasteiger partial charge in [0.2, 0.25) is 5.91 Å². The molecule has 0 bridgehead atoms. The predicted molar refractivity (Wildman–Crippen MR) is 60.7 cm³/mol. The lowest BCUT2D eigenvalue weighted by Gasteiger charge is -2.27. The van der Waals surface area contributed by atoms with Crippen LogP contribution in [0.15, 0.2) is 12.3 Å². The lowest BCUT2D eigenvalue weighted by atomic mass is 10.0. The standard InChI is InChI=1S/C10H13N3O.ClH/c1-7(14)13-3-2-8-4-10(11)12-5-9(8)6-13;/h4-5H,2-3,6H2,1H3,(H2,11,12);1H.